The first kappa shape index (κ1) is 20.3. The Labute approximate surface area is 183 Å². The van der Waals surface area contributed by atoms with Crippen LogP contribution in [0.4, 0.5) is 11.4 Å². The number of carbonyl (C=O) groups excluding carboxylic acids is 1. The number of ketones is 1. The summed E-state index contributed by atoms with van der Waals surface area (Å²) in [5.41, 5.74) is 6.63. The molecule has 31 heavy (non-hydrogen) atoms. The van der Waals surface area contributed by atoms with E-state index >= 15 is 0 Å². The smallest absolute Gasteiger partial charge is 0.205 e. The van der Waals surface area contributed by atoms with Crippen LogP contribution >= 0.6 is 0 Å². The van der Waals surface area contributed by atoms with Crippen LogP contribution in [0.5, 0.6) is 5.75 Å². The van der Waals surface area contributed by atoms with Gasteiger partial charge in [0.15, 0.2) is 5.78 Å². The van der Waals surface area contributed by atoms with Crippen LogP contribution in [0.3, 0.4) is 0 Å². The zero-order chi connectivity index (χ0) is 21.4. The number of carbonyl (C=O) groups is 1. The Kier molecular flexibility index (Phi) is 5.59. The fourth-order valence-electron chi connectivity index (χ4n) is 5.29. The van der Waals surface area contributed by atoms with E-state index in [0.717, 1.165) is 81.0 Å². The maximum atomic E-state index is 12.8. The number of rotatable bonds is 7. The van der Waals surface area contributed by atoms with Crippen molar-refractivity contribution in [1.29, 1.82) is 0 Å². The van der Waals surface area contributed by atoms with Crippen molar-refractivity contribution in [2.24, 2.45) is 0 Å². The van der Waals surface area contributed by atoms with Gasteiger partial charge in [-0.2, -0.15) is 0 Å². The average molecular weight is 422 g/mol. The summed E-state index contributed by atoms with van der Waals surface area (Å²) in [4.78, 5) is 17.3. The maximum absolute atomic E-state index is 12.8. The molecule has 3 aliphatic rings. The summed E-state index contributed by atoms with van der Waals surface area (Å²) >= 11 is 0. The number of anilines is 2. The van der Waals surface area contributed by atoms with E-state index in [-0.39, 0.29) is 5.78 Å². The second kappa shape index (κ2) is 8.52. The van der Waals surface area contributed by atoms with E-state index < -0.39 is 6.35 Å². The molecule has 6 nitrogen and oxygen atoms in total. The van der Waals surface area contributed by atoms with Crippen LogP contribution in [0, 0.1) is 0 Å². The molecular formula is C25H31N3O3. The van der Waals surface area contributed by atoms with Crippen molar-refractivity contribution in [3.05, 3.63) is 52.6 Å². The molecule has 0 saturated carbocycles. The predicted octanol–water partition coefficient (Wildman–Crippen LogP) is 3.56. The van der Waals surface area contributed by atoms with Gasteiger partial charge in [0.25, 0.3) is 0 Å². The van der Waals surface area contributed by atoms with Gasteiger partial charge in [-0.15, -0.1) is 0 Å². The molecule has 0 amide bonds. The Balaban J connectivity index is 1.14. The molecule has 1 atom stereocenters. The van der Waals surface area contributed by atoms with E-state index in [1.165, 1.54) is 16.7 Å². The van der Waals surface area contributed by atoms with Gasteiger partial charge in [0.2, 0.25) is 6.35 Å². The van der Waals surface area contributed by atoms with Gasteiger partial charge in [-0.1, -0.05) is 12.1 Å². The van der Waals surface area contributed by atoms with E-state index in [1.807, 2.05) is 23.1 Å². The lowest BCUT2D eigenvalue weighted by Crippen LogP contribution is -2.38. The monoisotopic (exact) mass is 421 g/mol. The molecule has 0 spiro atoms. The topological polar surface area (TPSA) is 65.0 Å². The number of aliphatic hydroxyl groups excluding tert-OH is 1. The number of hydrogen-bond acceptors (Lipinski definition) is 6. The summed E-state index contributed by atoms with van der Waals surface area (Å²) in [5, 5.41) is 13.3. The number of hydrogen-bond donors (Lipinski definition) is 2. The number of aryl methyl sites for hydroxylation is 1. The number of benzene rings is 2. The lowest BCUT2D eigenvalue weighted by molar-refractivity contribution is 0.0977. The summed E-state index contributed by atoms with van der Waals surface area (Å²) in [5.74, 6) is 1.20. The van der Waals surface area contributed by atoms with E-state index in [4.69, 9.17) is 4.74 Å². The van der Waals surface area contributed by atoms with Crippen molar-refractivity contribution in [1.82, 2.24) is 4.90 Å². The summed E-state index contributed by atoms with van der Waals surface area (Å²) in [6.45, 7) is 3.87. The SMILES string of the molecule is COc1cccc2c1CCN(CCCCC(=O)c1cc3c4c(c1)NC(O)N4CCC3)C2. The molecule has 2 aromatic rings. The van der Waals surface area contributed by atoms with Crippen LogP contribution in [-0.2, 0) is 19.4 Å². The number of unbranched alkanes of at least 4 members (excludes halogenated alkanes) is 1. The summed E-state index contributed by atoms with van der Waals surface area (Å²) in [7, 11) is 1.74. The lowest BCUT2D eigenvalue weighted by Gasteiger charge is -2.29. The minimum Gasteiger partial charge on any atom is -0.496 e. The molecule has 2 N–H and O–H groups in total. The summed E-state index contributed by atoms with van der Waals surface area (Å²) in [6.07, 6.45) is 4.81. The molecule has 3 heterocycles. The highest BCUT2D eigenvalue weighted by Gasteiger charge is 2.32. The molecule has 1 unspecified atom stereocenters. The zero-order valence-corrected chi connectivity index (χ0v) is 18.2. The number of fused-ring (bicyclic) bond motifs is 1. The van der Waals surface area contributed by atoms with E-state index in [2.05, 4.69) is 22.3 Å². The Hall–Kier alpha value is -2.57. The van der Waals surface area contributed by atoms with Gasteiger partial charge in [-0.3, -0.25) is 9.69 Å². The van der Waals surface area contributed by atoms with Crippen LogP contribution in [0.25, 0.3) is 0 Å². The average Bonchev–Trinajstić information content (AvgIpc) is 3.12. The van der Waals surface area contributed by atoms with E-state index in [9.17, 15) is 9.90 Å². The number of nitrogens with one attached hydrogen (secondary N) is 1. The fourth-order valence-corrected chi connectivity index (χ4v) is 5.29. The largest absolute Gasteiger partial charge is 0.496 e. The minimum absolute atomic E-state index is 0.202. The van der Waals surface area contributed by atoms with Crippen molar-refractivity contribution in [3.8, 4) is 5.75 Å². The molecule has 2 aromatic carbocycles. The van der Waals surface area contributed by atoms with Gasteiger partial charge >= 0.3 is 0 Å². The molecule has 164 valence electrons. The van der Waals surface area contributed by atoms with Crippen molar-refractivity contribution >= 4 is 17.2 Å². The maximum Gasteiger partial charge on any atom is 0.205 e. The number of methoxy groups -OCH3 is 1. The molecule has 5 rings (SSSR count). The third-order valence-corrected chi connectivity index (χ3v) is 6.87. The lowest BCUT2D eigenvalue weighted by atomic mass is 9.95. The van der Waals surface area contributed by atoms with Gasteiger partial charge in [-0.05, 0) is 73.5 Å². The number of Topliss-reactive ketones (excluding diaryl/α,β-unsaturated/α-hetero) is 1. The first-order chi connectivity index (χ1) is 15.1. The Morgan fingerprint density at radius 3 is 2.97 bits per heavy atom. The first-order valence-electron chi connectivity index (χ1n) is 11.4. The third kappa shape index (κ3) is 3.90. The van der Waals surface area contributed by atoms with Gasteiger partial charge in [0.1, 0.15) is 5.75 Å². The molecule has 0 fully saturated rings. The zero-order valence-electron chi connectivity index (χ0n) is 18.2. The second-order valence-electron chi connectivity index (χ2n) is 8.85. The molecule has 0 saturated heterocycles. The highest BCUT2D eigenvalue weighted by atomic mass is 16.5. The Morgan fingerprint density at radius 1 is 1.19 bits per heavy atom. The van der Waals surface area contributed by atoms with Crippen LogP contribution in [-0.4, -0.2) is 48.9 Å². The molecule has 3 aliphatic heterocycles. The fraction of sp³-hybridized carbons (Fsp3) is 0.480. The van der Waals surface area contributed by atoms with Crippen molar-refractivity contribution in [3.63, 3.8) is 0 Å². The van der Waals surface area contributed by atoms with Crippen molar-refractivity contribution in [2.45, 2.75) is 51.4 Å². The number of ether oxygens (including phenoxy) is 1. The summed E-state index contributed by atoms with van der Waals surface area (Å²) < 4.78 is 5.50. The minimum atomic E-state index is -0.672. The van der Waals surface area contributed by atoms with Crippen LogP contribution in [0.1, 0.15) is 52.7 Å². The number of aliphatic hydroxyl groups is 1. The predicted molar refractivity (Wildman–Crippen MR) is 122 cm³/mol. The Bertz CT molecular complexity index is 990. The summed E-state index contributed by atoms with van der Waals surface area (Å²) in [6, 6.07) is 10.3. The van der Waals surface area contributed by atoms with Crippen molar-refractivity contribution < 1.29 is 14.6 Å². The van der Waals surface area contributed by atoms with Gasteiger partial charge in [-0.25, -0.2) is 0 Å². The standard InChI is InChI=1S/C25H31N3O3/c1-31-23-9-4-6-18-16-27(13-10-20(18)23)11-3-2-8-22(29)19-14-17-7-5-12-28-24(17)21(15-19)26-25(28)30/h4,6,9,14-15,25-26,30H,2-3,5,7-8,10-13,16H2,1H3. The Morgan fingerprint density at radius 2 is 2.10 bits per heavy atom. The first-order valence-corrected chi connectivity index (χ1v) is 11.4. The van der Waals surface area contributed by atoms with Crippen LogP contribution < -0.4 is 15.0 Å². The quantitative estimate of drug-likeness (QED) is 0.527. The van der Waals surface area contributed by atoms with Crippen molar-refractivity contribution in [2.75, 3.05) is 37.0 Å². The van der Waals surface area contributed by atoms with Gasteiger partial charge in [0.05, 0.1) is 18.5 Å². The van der Waals surface area contributed by atoms with Gasteiger partial charge in [0, 0.05) is 31.6 Å². The second-order valence-corrected chi connectivity index (χ2v) is 8.85. The molecule has 0 aliphatic carbocycles. The van der Waals surface area contributed by atoms with E-state index in [0.29, 0.717) is 6.42 Å². The highest BCUT2D eigenvalue weighted by Crippen LogP contribution is 2.41. The van der Waals surface area contributed by atoms with Gasteiger partial charge < -0.3 is 20.1 Å². The number of nitrogens with zero attached hydrogens (tertiary/aromatic N) is 2. The third-order valence-electron chi connectivity index (χ3n) is 6.87. The molecule has 0 bridgehead atoms. The molecular weight excluding hydrogens is 390 g/mol. The van der Waals surface area contributed by atoms with Crippen LogP contribution in [0.15, 0.2) is 30.3 Å². The molecule has 0 radical (unpaired) electrons. The van der Waals surface area contributed by atoms with E-state index in [1.54, 1.807) is 7.11 Å². The normalized spacial score (nSPS) is 19.5. The highest BCUT2D eigenvalue weighted by molar-refractivity contribution is 5.99. The van der Waals surface area contributed by atoms with Crippen LogP contribution in [0.2, 0.25) is 0 Å². The molecule has 0 aromatic heterocycles. The molecule has 6 heteroatoms.